The van der Waals surface area contributed by atoms with E-state index in [9.17, 15) is 0 Å². The van der Waals surface area contributed by atoms with Gasteiger partial charge in [0.25, 0.3) is 0 Å². The third-order valence-corrected chi connectivity index (χ3v) is 2.36. The van der Waals surface area contributed by atoms with Gasteiger partial charge in [-0.05, 0) is 25.0 Å². The second-order valence-corrected chi connectivity index (χ2v) is 3.38. The molecule has 1 aromatic rings. The average Bonchev–Trinajstić information content (AvgIpc) is 2.30. The van der Waals surface area contributed by atoms with Crippen LogP contribution in [0.5, 0.6) is 0 Å². The Kier molecular flexibility index (Phi) is 4.56. The van der Waals surface area contributed by atoms with Crippen molar-refractivity contribution >= 4 is 11.4 Å². The van der Waals surface area contributed by atoms with Crippen molar-refractivity contribution in [3.05, 3.63) is 30.3 Å². The molecule has 78 valence electrons. The predicted octanol–water partition coefficient (Wildman–Crippen LogP) is 3.72. The van der Waals surface area contributed by atoms with Gasteiger partial charge in [0.15, 0.2) is 0 Å². The zero-order valence-electron chi connectivity index (χ0n) is 9.27. The molecule has 0 spiro atoms. The summed E-state index contributed by atoms with van der Waals surface area (Å²) in [7, 11) is 0. The highest BCUT2D eigenvalue weighted by atomic mass is 14.7. The summed E-state index contributed by atoms with van der Waals surface area (Å²) in [5, 5.41) is 8.97. The molecule has 0 amide bonds. The number of benzene rings is 1. The van der Waals surface area contributed by atoms with Crippen molar-refractivity contribution in [2.75, 3.05) is 0 Å². The summed E-state index contributed by atoms with van der Waals surface area (Å²) in [6.45, 7) is 4.06. The fourth-order valence-corrected chi connectivity index (χ4v) is 1.47. The molecule has 0 aromatic heterocycles. The van der Waals surface area contributed by atoms with Gasteiger partial charge in [0, 0.05) is 5.71 Å². The van der Waals surface area contributed by atoms with Gasteiger partial charge in [-0.2, -0.15) is 5.26 Å². The number of hydrogen-bond donors (Lipinski definition) is 0. The van der Waals surface area contributed by atoms with E-state index >= 15 is 0 Å². The molecule has 0 saturated heterocycles. The van der Waals surface area contributed by atoms with Gasteiger partial charge in [0.2, 0.25) is 0 Å². The molecule has 15 heavy (non-hydrogen) atoms. The summed E-state index contributed by atoms with van der Waals surface area (Å²) in [4.78, 5) is 4.51. The molecule has 2 nitrogen and oxygen atoms in total. The lowest BCUT2D eigenvalue weighted by Crippen LogP contribution is -2.10. The van der Waals surface area contributed by atoms with E-state index in [1.54, 1.807) is 0 Å². The Morgan fingerprint density at radius 1 is 1.33 bits per heavy atom. The van der Waals surface area contributed by atoms with Crippen molar-refractivity contribution in [2.24, 2.45) is 10.9 Å². The maximum atomic E-state index is 8.97. The van der Waals surface area contributed by atoms with Crippen molar-refractivity contribution in [3.8, 4) is 6.07 Å². The first-order chi connectivity index (χ1) is 7.31. The Balaban J connectivity index is 2.93. The van der Waals surface area contributed by atoms with Crippen LogP contribution in [0.2, 0.25) is 0 Å². The van der Waals surface area contributed by atoms with Gasteiger partial charge in [-0.3, -0.25) is 4.99 Å². The minimum Gasteiger partial charge on any atom is -0.256 e. The number of hydrogen-bond acceptors (Lipinski definition) is 2. The van der Waals surface area contributed by atoms with E-state index in [0.717, 1.165) is 24.2 Å². The molecular formula is C13H16N2. The molecule has 2 heteroatoms. The highest BCUT2D eigenvalue weighted by molar-refractivity contribution is 5.90. The highest BCUT2D eigenvalue weighted by Crippen LogP contribution is 2.15. The van der Waals surface area contributed by atoms with Gasteiger partial charge in [-0.1, -0.05) is 32.0 Å². The van der Waals surface area contributed by atoms with Crippen LogP contribution in [0.4, 0.5) is 5.69 Å². The van der Waals surface area contributed by atoms with E-state index in [1.807, 2.05) is 44.2 Å². The average molecular weight is 200 g/mol. The minimum absolute atomic E-state index is 0.0461. The Labute approximate surface area is 91.3 Å². The number of aliphatic imine (C=N–C) groups is 1. The fourth-order valence-electron chi connectivity index (χ4n) is 1.47. The van der Waals surface area contributed by atoms with Gasteiger partial charge >= 0.3 is 0 Å². The van der Waals surface area contributed by atoms with Gasteiger partial charge in [0.05, 0.1) is 17.7 Å². The first-order valence-electron chi connectivity index (χ1n) is 5.33. The maximum Gasteiger partial charge on any atom is 0.0843 e. The Hall–Kier alpha value is -1.62. The lowest BCUT2D eigenvalue weighted by Gasteiger charge is -2.08. The van der Waals surface area contributed by atoms with E-state index in [1.165, 1.54) is 0 Å². The second-order valence-electron chi connectivity index (χ2n) is 3.38. The van der Waals surface area contributed by atoms with Crippen LogP contribution in [0.25, 0.3) is 0 Å². The van der Waals surface area contributed by atoms with Crippen molar-refractivity contribution in [1.82, 2.24) is 0 Å². The van der Waals surface area contributed by atoms with Crippen LogP contribution < -0.4 is 0 Å². The smallest absolute Gasteiger partial charge is 0.0843 e. The quantitative estimate of drug-likeness (QED) is 0.682. The molecule has 0 aliphatic heterocycles. The van der Waals surface area contributed by atoms with Crippen LogP contribution >= 0.6 is 0 Å². The van der Waals surface area contributed by atoms with Crippen LogP contribution in [0.15, 0.2) is 35.3 Å². The summed E-state index contributed by atoms with van der Waals surface area (Å²) < 4.78 is 0. The molecular weight excluding hydrogens is 184 g/mol. The zero-order valence-corrected chi connectivity index (χ0v) is 9.27. The molecule has 0 saturated carbocycles. The van der Waals surface area contributed by atoms with E-state index in [0.29, 0.717) is 0 Å². The van der Waals surface area contributed by atoms with Gasteiger partial charge in [-0.15, -0.1) is 0 Å². The first kappa shape index (κ1) is 11.5. The molecule has 0 bridgehead atoms. The maximum absolute atomic E-state index is 8.97. The first-order valence-corrected chi connectivity index (χ1v) is 5.33. The van der Waals surface area contributed by atoms with E-state index in [4.69, 9.17) is 5.26 Å². The van der Waals surface area contributed by atoms with Crippen molar-refractivity contribution < 1.29 is 0 Å². The third kappa shape index (κ3) is 3.21. The predicted molar refractivity (Wildman–Crippen MR) is 63.2 cm³/mol. The zero-order chi connectivity index (χ0) is 11.1. The van der Waals surface area contributed by atoms with Crippen LogP contribution in [0.3, 0.4) is 0 Å². The number of nitriles is 1. The van der Waals surface area contributed by atoms with Gasteiger partial charge in [-0.25, -0.2) is 0 Å². The van der Waals surface area contributed by atoms with E-state index in [-0.39, 0.29) is 5.92 Å². The minimum atomic E-state index is -0.0461. The normalized spacial score (nSPS) is 13.3. The third-order valence-electron chi connectivity index (χ3n) is 2.36. The second kappa shape index (κ2) is 5.98. The fraction of sp³-hybridized carbons (Fsp3) is 0.385. The molecule has 0 heterocycles. The molecule has 1 unspecified atom stereocenters. The molecule has 1 rings (SSSR count). The molecule has 1 aromatic carbocycles. The van der Waals surface area contributed by atoms with E-state index in [2.05, 4.69) is 11.1 Å². The molecule has 0 radical (unpaired) electrons. The van der Waals surface area contributed by atoms with Crippen LogP contribution in [-0.2, 0) is 0 Å². The van der Waals surface area contributed by atoms with Crippen molar-refractivity contribution in [1.29, 1.82) is 5.26 Å². The lowest BCUT2D eigenvalue weighted by atomic mass is 10.00. The Morgan fingerprint density at radius 3 is 2.47 bits per heavy atom. The Bertz CT molecular complexity index is 360. The number of nitrogens with zero attached hydrogens (tertiary/aromatic N) is 2. The number of rotatable bonds is 4. The largest absolute Gasteiger partial charge is 0.256 e. The lowest BCUT2D eigenvalue weighted by molar-refractivity contribution is 0.811. The molecule has 0 aliphatic carbocycles. The van der Waals surface area contributed by atoms with Crippen molar-refractivity contribution in [3.63, 3.8) is 0 Å². The SMILES string of the molecule is CCC(=Nc1ccccc1)C(C#N)CC. The summed E-state index contributed by atoms with van der Waals surface area (Å²) in [5.41, 5.74) is 1.91. The standard InChI is InChI=1S/C13H16N2/c1-3-11(10-14)13(4-2)15-12-8-6-5-7-9-12/h5-9,11H,3-4H2,1-2H3. The van der Waals surface area contributed by atoms with Crippen LogP contribution in [-0.4, -0.2) is 5.71 Å². The van der Waals surface area contributed by atoms with Crippen LogP contribution in [0, 0.1) is 17.2 Å². The summed E-state index contributed by atoms with van der Waals surface area (Å²) in [6, 6.07) is 12.1. The monoisotopic (exact) mass is 200 g/mol. The number of para-hydroxylation sites is 1. The van der Waals surface area contributed by atoms with Crippen LogP contribution in [0.1, 0.15) is 26.7 Å². The Morgan fingerprint density at radius 2 is 2.00 bits per heavy atom. The summed E-state index contributed by atoms with van der Waals surface area (Å²) in [5.74, 6) is -0.0461. The van der Waals surface area contributed by atoms with Gasteiger partial charge < -0.3 is 0 Å². The van der Waals surface area contributed by atoms with Gasteiger partial charge in [0.1, 0.15) is 0 Å². The van der Waals surface area contributed by atoms with Crippen molar-refractivity contribution in [2.45, 2.75) is 26.7 Å². The molecule has 0 fully saturated rings. The molecule has 0 N–H and O–H groups in total. The molecule has 0 aliphatic rings. The van der Waals surface area contributed by atoms with E-state index < -0.39 is 0 Å². The summed E-state index contributed by atoms with van der Waals surface area (Å²) >= 11 is 0. The molecule has 1 atom stereocenters. The highest BCUT2D eigenvalue weighted by Gasteiger charge is 2.10. The topological polar surface area (TPSA) is 36.1 Å². The summed E-state index contributed by atoms with van der Waals surface area (Å²) in [6.07, 6.45) is 1.66.